The minimum absolute atomic E-state index is 0.00511. The Morgan fingerprint density at radius 3 is 2.61 bits per heavy atom. The van der Waals surface area contributed by atoms with Gasteiger partial charge in [0.25, 0.3) is 0 Å². The van der Waals surface area contributed by atoms with Gasteiger partial charge in [0.2, 0.25) is 11.8 Å². The lowest BCUT2D eigenvalue weighted by atomic mass is 9.81. The summed E-state index contributed by atoms with van der Waals surface area (Å²) in [4.78, 5) is 27.4. The number of likely N-dealkylation sites (tertiary alicyclic amines) is 1. The van der Waals surface area contributed by atoms with E-state index >= 15 is 0 Å². The number of nitrogens with one attached hydrogen (secondary N) is 1. The number of carbonyl (C=O) groups is 2. The summed E-state index contributed by atoms with van der Waals surface area (Å²) in [5, 5.41) is 3.15. The minimum atomic E-state index is -0.877. The van der Waals surface area contributed by atoms with Crippen LogP contribution < -0.4 is 5.32 Å². The van der Waals surface area contributed by atoms with Gasteiger partial charge in [-0.1, -0.05) is 30.3 Å². The standard InChI is InChI=1S/C26H35FN2O4/c1-17-13-26(16-32-15-24(30)28-26)23(29(17)25(31)20-11-21(27)12-20)14-33-22-9-7-19(8-10-22)18-5-3-2-4-6-18/h2-6,17,19-23H,7-16H2,1H3,(H,28,30)/t17-,19-,20?,21?,22+,23+,26-/m1/s1. The van der Waals surface area contributed by atoms with Crippen LogP contribution in [0.1, 0.15) is 63.4 Å². The average molecular weight is 459 g/mol. The maximum atomic E-state index is 13.5. The third-order valence-electron chi connectivity index (χ3n) is 8.21. The van der Waals surface area contributed by atoms with E-state index in [4.69, 9.17) is 9.47 Å². The Kier molecular flexibility index (Phi) is 6.45. The zero-order valence-corrected chi connectivity index (χ0v) is 19.4. The molecule has 1 aromatic carbocycles. The molecule has 4 aliphatic rings. The Bertz CT molecular complexity index is 853. The van der Waals surface area contributed by atoms with Gasteiger partial charge < -0.3 is 19.7 Å². The zero-order valence-electron chi connectivity index (χ0n) is 19.4. The van der Waals surface area contributed by atoms with Crippen LogP contribution in [0, 0.1) is 5.92 Å². The molecule has 2 aliphatic heterocycles. The molecule has 1 aromatic rings. The first-order valence-corrected chi connectivity index (χ1v) is 12.5. The first-order chi connectivity index (χ1) is 15.9. The summed E-state index contributed by atoms with van der Waals surface area (Å²) in [6.45, 7) is 2.80. The van der Waals surface area contributed by atoms with Crippen molar-refractivity contribution >= 4 is 11.8 Å². The van der Waals surface area contributed by atoms with Crippen molar-refractivity contribution in [1.82, 2.24) is 10.2 Å². The molecular weight excluding hydrogens is 423 g/mol. The highest BCUT2D eigenvalue weighted by Gasteiger charge is 2.56. The van der Waals surface area contributed by atoms with Gasteiger partial charge in [0, 0.05) is 12.0 Å². The van der Waals surface area contributed by atoms with Crippen LogP contribution in [0.5, 0.6) is 0 Å². The van der Waals surface area contributed by atoms with Crippen LogP contribution in [0.25, 0.3) is 0 Å². The molecule has 180 valence electrons. The SMILES string of the molecule is C[C@@H]1C[C@@]2(COCC(=O)N2)[C@H](CO[C@H]2CC[C@@H](c3ccccc3)CC2)N1C(=O)C1CC(F)C1. The van der Waals surface area contributed by atoms with E-state index in [1.165, 1.54) is 5.56 Å². The van der Waals surface area contributed by atoms with Gasteiger partial charge in [0.1, 0.15) is 12.8 Å². The molecule has 1 spiro atoms. The van der Waals surface area contributed by atoms with Crippen molar-refractivity contribution in [2.75, 3.05) is 19.8 Å². The van der Waals surface area contributed by atoms with Gasteiger partial charge >= 0.3 is 0 Å². The van der Waals surface area contributed by atoms with Crippen molar-refractivity contribution in [1.29, 1.82) is 0 Å². The van der Waals surface area contributed by atoms with E-state index in [9.17, 15) is 14.0 Å². The summed E-state index contributed by atoms with van der Waals surface area (Å²) in [7, 11) is 0. The van der Waals surface area contributed by atoms with Crippen LogP contribution in [0.2, 0.25) is 0 Å². The van der Waals surface area contributed by atoms with Crippen LogP contribution in [-0.2, 0) is 19.1 Å². The Balaban J connectivity index is 1.26. The average Bonchev–Trinajstić information content (AvgIpc) is 3.05. The summed E-state index contributed by atoms with van der Waals surface area (Å²) in [6.07, 6.45) is 4.64. The quantitative estimate of drug-likeness (QED) is 0.735. The van der Waals surface area contributed by atoms with Crippen molar-refractivity contribution in [3.63, 3.8) is 0 Å². The van der Waals surface area contributed by atoms with Crippen molar-refractivity contribution in [2.45, 2.75) is 87.7 Å². The third-order valence-corrected chi connectivity index (χ3v) is 8.21. The molecule has 2 saturated carbocycles. The molecule has 1 N–H and O–H groups in total. The maximum absolute atomic E-state index is 13.5. The molecule has 2 amide bonds. The fourth-order valence-electron chi connectivity index (χ4n) is 6.39. The summed E-state index contributed by atoms with van der Waals surface area (Å²) in [5.74, 6) is 0.153. The molecule has 33 heavy (non-hydrogen) atoms. The van der Waals surface area contributed by atoms with Crippen molar-refractivity contribution in [3.05, 3.63) is 35.9 Å². The first kappa shape index (κ1) is 22.8. The molecule has 2 saturated heterocycles. The monoisotopic (exact) mass is 458 g/mol. The topological polar surface area (TPSA) is 67.9 Å². The normalized spacial score (nSPS) is 38.7. The van der Waals surface area contributed by atoms with Gasteiger partial charge in [-0.15, -0.1) is 0 Å². The van der Waals surface area contributed by atoms with Gasteiger partial charge in [-0.25, -0.2) is 4.39 Å². The molecule has 2 heterocycles. The fourth-order valence-corrected chi connectivity index (χ4v) is 6.39. The Morgan fingerprint density at radius 1 is 1.21 bits per heavy atom. The van der Waals surface area contributed by atoms with Gasteiger partial charge in [-0.3, -0.25) is 9.59 Å². The first-order valence-electron chi connectivity index (χ1n) is 12.5. The fraction of sp³-hybridized carbons (Fsp3) is 0.692. The highest BCUT2D eigenvalue weighted by atomic mass is 19.1. The lowest BCUT2D eigenvalue weighted by molar-refractivity contribution is -0.150. The van der Waals surface area contributed by atoms with Crippen LogP contribution in [0.15, 0.2) is 30.3 Å². The molecule has 4 fully saturated rings. The van der Waals surface area contributed by atoms with Gasteiger partial charge in [-0.2, -0.15) is 0 Å². The lowest BCUT2D eigenvalue weighted by Gasteiger charge is -2.43. The number of carbonyl (C=O) groups excluding carboxylic acids is 2. The number of rotatable bonds is 5. The summed E-state index contributed by atoms with van der Waals surface area (Å²) in [6, 6.07) is 10.3. The zero-order chi connectivity index (χ0) is 23.0. The van der Waals surface area contributed by atoms with Crippen molar-refractivity contribution in [2.24, 2.45) is 5.92 Å². The van der Waals surface area contributed by atoms with Crippen molar-refractivity contribution in [3.8, 4) is 0 Å². The van der Waals surface area contributed by atoms with Crippen LogP contribution in [0.3, 0.4) is 0 Å². The van der Waals surface area contributed by atoms with Crippen molar-refractivity contribution < 1.29 is 23.5 Å². The lowest BCUT2D eigenvalue weighted by Crippen LogP contribution is -2.65. The highest BCUT2D eigenvalue weighted by Crippen LogP contribution is 2.41. The maximum Gasteiger partial charge on any atom is 0.246 e. The smallest absolute Gasteiger partial charge is 0.246 e. The van der Waals surface area contributed by atoms with Gasteiger partial charge in [-0.05, 0) is 63.4 Å². The molecule has 6 nitrogen and oxygen atoms in total. The number of hydrogen-bond donors (Lipinski definition) is 1. The van der Waals surface area contributed by atoms with Gasteiger partial charge in [0.15, 0.2) is 0 Å². The summed E-state index contributed by atoms with van der Waals surface area (Å²) < 4.78 is 25.5. The largest absolute Gasteiger partial charge is 0.376 e. The number of halogens is 1. The summed E-state index contributed by atoms with van der Waals surface area (Å²) in [5.41, 5.74) is 0.759. The van der Waals surface area contributed by atoms with E-state index in [2.05, 4.69) is 35.6 Å². The van der Waals surface area contributed by atoms with E-state index in [1.807, 2.05) is 11.8 Å². The second-order valence-electron chi connectivity index (χ2n) is 10.5. The number of ether oxygens (including phenoxy) is 2. The van der Waals surface area contributed by atoms with E-state index in [1.54, 1.807) is 0 Å². The van der Waals surface area contributed by atoms with E-state index in [0.717, 1.165) is 25.7 Å². The number of nitrogens with zero attached hydrogens (tertiary/aromatic N) is 1. The van der Waals surface area contributed by atoms with Gasteiger partial charge in [0.05, 0.1) is 30.9 Å². The number of morpholine rings is 1. The molecule has 2 aliphatic carbocycles. The minimum Gasteiger partial charge on any atom is -0.376 e. The molecule has 7 heteroatoms. The number of amides is 2. The predicted octanol–water partition coefficient (Wildman–Crippen LogP) is 3.35. The van der Waals surface area contributed by atoms with E-state index in [-0.39, 0.29) is 42.5 Å². The predicted molar refractivity (Wildman–Crippen MR) is 121 cm³/mol. The highest BCUT2D eigenvalue weighted by molar-refractivity contribution is 5.82. The molecule has 0 radical (unpaired) electrons. The third kappa shape index (κ3) is 4.54. The second-order valence-corrected chi connectivity index (χ2v) is 10.5. The Hall–Kier alpha value is -1.99. The second kappa shape index (κ2) is 9.34. The molecule has 0 aromatic heterocycles. The number of alkyl halides is 1. The Morgan fingerprint density at radius 2 is 1.94 bits per heavy atom. The molecule has 5 rings (SSSR count). The molecule has 0 unspecified atom stereocenters. The molecule has 3 atom stereocenters. The van der Waals surface area contributed by atoms with Crippen LogP contribution in [0.4, 0.5) is 4.39 Å². The Labute approximate surface area is 195 Å². The number of benzene rings is 1. The molecular formula is C26H35FN2O4. The van der Waals surface area contributed by atoms with Crippen LogP contribution in [-0.4, -0.2) is 66.4 Å². The van der Waals surface area contributed by atoms with E-state index < -0.39 is 11.7 Å². The van der Waals surface area contributed by atoms with E-state index in [0.29, 0.717) is 38.4 Å². The van der Waals surface area contributed by atoms with Crippen LogP contribution >= 0.6 is 0 Å². The number of hydrogen-bond acceptors (Lipinski definition) is 4. The molecule has 0 bridgehead atoms. The summed E-state index contributed by atoms with van der Waals surface area (Å²) >= 11 is 0.